The molecule has 10 nitrogen and oxygen atoms in total. The van der Waals surface area contributed by atoms with E-state index in [1.807, 2.05) is 68.5 Å². The van der Waals surface area contributed by atoms with E-state index < -0.39 is 46.8 Å². The Balaban J connectivity index is 1.17. The van der Waals surface area contributed by atoms with Gasteiger partial charge < -0.3 is 9.84 Å². The molecular weight excluding hydrogens is 884 g/mol. The lowest BCUT2D eigenvalue weighted by Crippen LogP contribution is -2.49. The molecule has 0 unspecified atom stereocenters. The Morgan fingerprint density at radius 3 is 2.48 bits per heavy atom. The zero-order chi connectivity index (χ0) is 39.5. The lowest BCUT2D eigenvalue weighted by atomic mass is 9.51. The first kappa shape index (κ1) is 37.3. The van der Waals surface area contributed by atoms with Gasteiger partial charge in [0, 0.05) is 33.2 Å². The molecular formula is C42H35Br2ClN4O6S. The highest BCUT2D eigenvalue weighted by molar-refractivity contribution is 9.13. The number of ether oxygens (including phenoxy) is 1. The van der Waals surface area contributed by atoms with E-state index in [0.717, 1.165) is 31.7 Å². The summed E-state index contributed by atoms with van der Waals surface area (Å²) in [6.07, 6.45) is 2.52. The van der Waals surface area contributed by atoms with E-state index in [-0.39, 0.29) is 36.3 Å². The molecule has 3 fully saturated rings. The predicted octanol–water partition coefficient (Wildman–Crippen LogP) is 8.93. The number of thiophene rings is 1. The highest BCUT2D eigenvalue weighted by Crippen LogP contribution is 2.65. The van der Waals surface area contributed by atoms with E-state index in [1.165, 1.54) is 16.9 Å². The van der Waals surface area contributed by atoms with Crippen molar-refractivity contribution in [3.05, 3.63) is 103 Å². The number of methoxy groups -OCH3 is 1. The number of allylic oxidation sites excluding steroid dienone is 2. The highest BCUT2D eigenvalue weighted by atomic mass is 79.9. The number of phenolic OH excluding ortho intramolecular Hbond substituents is 1. The Morgan fingerprint density at radius 2 is 1.75 bits per heavy atom. The Labute approximate surface area is 348 Å². The minimum Gasteiger partial charge on any atom is -0.503 e. The Morgan fingerprint density at radius 1 is 1.00 bits per heavy atom. The maximum atomic E-state index is 15.3. The van der Waals surface area contributed by atoms with Gasteiger partial charge in [-0.15, -0.1) is 11.3 Å². The average Bonchev–Trinajstić information content (AvgIpc) is 3.85. The van der Waals surface area contributed by atoms with Crippen molar-refractivity contribution in [1.82, 2.24) is 14.7 Å². The summed E-state index contributed by atoms with van der Waals surface area (Å²) in [7, 11) is 3.16. The van der Waals surface area contributed by atoms with Crippen molar-refractivity contribution in [2.75, 3.05) is 12.0 Å². The van der Waals surface area contributed by atoms with Crippen LogP contribution in [0.2, 0.25) is 5.02 Å². The van der Waals surface area contributed by atoms with Crippen LogP contribution in [0.5, 0.6) is 11.5 Å². The van der Waals surface area contributed by atoms with Crippen molar-refractivity contribution in [2.45, 2.75) is 39.2 Å². The average molecular weight is 919 g/mol. The minimum absolute atomic E-state index is 0.125. The second kappa shape index (κ2) is 13.4. The fourth-order valence-corrected chi connectivity index (χ4v) is 12.0. The Hall–Kier alpha value is -4.30. The second-order valence-electron chi connectivity index (χ2n) is 15.3. The first-order valence-electron chi connectivity index (χ1n) is 18.2. The molecule has 5 aromatic rings. The molecule has 0 spiro atoms. The summed E-state index contributed by atoms with van der Waals surface area (Å²) >= 11 is 15.1. The number of aromatic hydroxyl groups is 1. The third-order valence-corrected chi connectivity index (χ3v) is 16.2. The first-order chi connectivity index (χ1) is 26.8. The first-order valence-corrected chi connectivity index (χ1v) is 21.0. The van der Waals surface area contributed by atoms with Crippen molar-refractivity contribution in [3.8, 4) is 22.1 Å². The summed E-state index contributed by atoms with van der Waals surface area (Å²) in [6.45, 7) is 3.99. The summed E-state index contributed by atoms with van der Waals surface area (Å²) in [5.74, 6) is -4.29. The molecule has 4 amide bonds. The number of carbonyl (C=O) groups is 4. The van der Waals surface area contributed by atoms with Crippen molar-refractivity contribution in [3.63, 3.8) is 0 Å². The molecule has 0 bridgehead atoms. The standard InChI is InChI=1S/C42H35Br2ClN4O6S/c1-19-24-14-21(45)10-13-30(24)56-37(19)28-17-31(47(3)46-28)49-39(52)27-15-25-22(11-12-23-32(25)40(53)48(38(23)51)18-20-8-6-5-7-9-20)33(42(27,2)41(49)54)26-16-29(55-4)36(50)35(44)34(26)43/h5-11,13-14,16-17,23,25,27,32-33,50H,12,15,18H2,1-4H3/t23-,25+,27-,32-,33+,42+/m0/s1. The number of hydrogen-bond acceptors (Lipinski definition) is 8. The van der Waals surface area contributed by atoms with Gasteiger partial charge in [0.1, 0.15) is 11.5 Å². The Bertz CT molecular complexity index is 2590. The third kappa shape index (κ3) is 5.26. The largest absolute Gasteiger partial charge is 0.503 e. The fourth-order valence-electron chi connectivity index (χ4n) is 9.76. The second-order valence-corrected chi connectivity index (χ2v) is 18.3. The topological polar surface area (TPSA) is 122 Å². The molecule has 6 atom stereocenters. The summed E-state index contributed by atoms with van der Waals surface area (Å²) in [5.41, 5.74) is 2.56. The molecule has 3 aromatic carbocycles. The number of likely N-dealkylation sites (tertiary alicyclic amines) is 1. The quantitative estimate of drug-likeness (QED) is 0.133. The van der Waals surface area contributed by atoms with Crippen LogP contribution < -0.4 is 9.64 Å². The molecule has 56 heavy (non-hydrogen) atoms. The van der Waals surface area contributed by atoms with Gasteiger partial charge in [-0.1, -0.05) is 53.6 Å². The van der Waals surface area contributed by atoms with Gasteiger partial charge in [-0.05, 0) is 111 Å². The van der Waals surface area contributed by atoms with E-state index >= 15 is 9.59 Å². The van der Waals surface area contributed by atoms with Gasteiger partial charge >= 0.3 is 0 Å². The smallest absolute Gasteiger partial charge is 0.242 e. The van der Waals surface area contributed by atoms with Crippen LogP contribution in [-0.2, 0) is 32.8 Å². The normalized spacial score (nSPS) is 25.8. The molecule has 2 aromatic heterocycles. The van der Waals surface area contributed by atoms with E-state index in [1.54, 1.807) is 35.2 Å². The van der Waals surface area contributed by atoms with Crippen molar-refractivity contribution in [2.24, 2.45) is 36.1 Å². The number of rotatable bonds is 6. The fraction of sp³-hybridized carbons (Fsp3) is 0.310. The number of nitrogens with zero attached hydrogens (tertiary/aromatic N) is 4. The number of anilines is 1. The number of imide groups is 2. The number of halogens is 3. The maximum Gasteiger partial charge on any atom is 0.242 e. The van der Waals surface area contributed by atoms with Crippen LogP contribution in [0.1, 0.15) is 42.4 Å². The van der Waals surface area contributed by atoms with Crippen LogP contribution in [0.4, 0.5) is 5.82 Å². The molecule has 0 radical (unpaired) electrons. The Kier molecular flexibility index (Phi) is 8.92. The lowest BCUT2D eigenvalue weighted by Gasteiger charge is -2.49. The van der Waals surface area contributed by atoms with Crippen LogP contribution in [-0.4, -0.2) is 50.5 Å². The molecule has 2 aliphatic carbocycles. The molecule has 2 aliphatic heterocycles. The van der Waals surface area contributed by atoms with Gasteiger partial charge in [0.05, 0.1) is 46.2 Å². The minimum atomic E-state index is -1.33. The number of benzene rings is 3. The van der Waals surface area contributed by atoms with Crippen LogP contribution in [0.15, 0.2) is 81.3 Å². The molecule has 1 saturated carbocycles. The van der Waals surface area contributed by atoms with Gasteiger partial charge in [-0.25, -0.2) is 4.90 Å². The van der Waals surface area contributed by atoms with Crippen LogP contribution in [0, 0.1) is 36.0 Å². The van der Waals surface area contributed by atoms with E-state index in [2.05, 4.69) is 31.9 Å². The van der Waals surface area contributed by atoms with Gasteiger partial charge in [0.25, 0.3) is 0 Å². The maximum absolute atomic E-state index is 15.3. The van der Waals surface area contributed by atoms with Gasteiger partial charge in [-0.2, -0.15) is 5.10 Å². The molecule has 4 heterocycles. The summed E-state index contributed by atoms with van der Waals surface area (Å²) in [6, 6.07) is 18.6. The van der Waals surface area contributed by atoms with Crippen molar-refractivity contribution < 1.29 is 29.0 Å². The van der Waals surface area contributed by atoms with E-state index in [9.17, 15) is 14.7 Å². The zero-order valence-corrected chi connectivity index (χ0v) is 35.4. The van der Waals surface area contributed by atoms with E-state index in [0.29, 0.717) is 37.5 Å². The molecule has 2 saturated heterocycles. The number of hydrogen-bond donors (Lipinski definition) is 1. The number of aromatic nitrogens is 2. The highest BCUT2D eigenvalue weighted by Gasteiger charge is 2.68. The monoisotopic (exact) mass is 916 g/mol. The number of carbonyl (C=O) groups excluding carboxylic acids is 4. The summed E-state index contributed by atoms with van der Waals surface area (Å²) in [4.78, 5) is 62.2. The zero-order valence-electron chi connectivity index (χ0n) is 30.7. The van der Waals surface area contributed by atoms with Crippen LogP contribution in [0.25, 0.3) is 20.7 Å². The van der Waals surface area contributed by atoms with Crippen LogP contribution >= 0.6 is 54.8 Å². The molecule has 14 heteroatoms. The molecule has 1 N–H and O–H groups in total. The summed E-state index contributed by atoms with van der Waals surface area (Å²) in [5, 5.41) is 17.4. The van der Waals surface area contributed by atoms with Crippen molar-refractivity contribution >= 4 is 94.3 Å². The van der Waals surface area contributed by atoms with Crippen LogP contribution in [0.3, 0.4) is 0 Å². The molecule has 286 valence electrons. The predicted molar refractivity (Wildman–Crippen MR) is 220 cm³/mol. The summed E-state index contributed by atoms with van der Waals surface area (Å²) < 4.78 is 9.02. The lowest BCUT2D eigenvalue weighted by molar-refractivity contribution is -0.141. The van der Waals surface area contributed by atoms with Gasteiger partial charge in [0.15, 0.2) is 11.5 Å². The number of aryl methyl sites for hydroxylation is 2. The number of amides is 4. The molecule has 9 rings (SSSR count). The van der Waals surface area contributed by atoms with Gasteiger partial charge in [-0.3, -0.25) is 28.8 Å². The SMILES string of the molecule is COc1cc([C@H]2C3=CC[C@@H]4C(=O)N(Cc5ccccc5)C(=O)[C@@H]4[C@@H]3C[C@H]3C(=O)N(c4cc(-c5sc6ccc(Cl)cc6c5C)nn4C)C(=O)[C@@]23C)c(Br)c(Br)c1O. The third-order valence-electron chi connectivity index (χ3n) is 12.5. The number of fused-ring (bicyclic) bond motifs is 5. The van der Waals surface area contributed by atoms with E-state index in [4.69, 9.17) is 21.4 Å². The molecule has 4 aliphatic rings. The van der Waals surface area contributed by atoms with Gasteiger partial charge in [0.2, 0.25) is 23.6 Å². The number of phenols is 1. The van der Waals surface area contributed by atoms with Crippen molar-refractivity contribution in [1.29, 1.82) is 0 Å².